The lowest BCUT2D eigenvalue weighted by Gasteiger charge is -2.15. The number of nitrogens with zero attached hydrogens (tertiary/aromatic N) is 3. The third-order valence-corrected chi connectivity index (χ3v) is 3.96. The number of likely N-dealkylation sites (N-methyl/N-ethyl adjacent to an activating group) is 1. The minimum absolute atomic E-state index is 0.313. The molecule has 5 heteroatoms. The van der Waals surface area contributed by atoms with Crippen molar-refractivity contribution in [2.24, 2.45) is 0 Å². The molecule has 2 N–H and O–H groups in total. The maximum absolute atomic E-state index is 4.55. The van der Waals surface area contributed by atoms with E-state index in [-0.39, 0.29) is 0 Å². The molecule has 1 atom stereocenters. The molecule has 5 nitrogen and oxygen atoms in total. The van der Waals surface area contributed by atoms with Crippen molar-refractivity contribution in [2.75, 3.05) is 37.8 Å². The number of anilines is 2. The highest BCUT2D eigenvalue weighted by molar-refractivity contribution is 5.44. The number of nitrogens with one attached hydrogen (secondary N) is 2. The van der Waals surface area contributed by atoms with Crippen molar-refractivity contribution in [2.45, 2.75) is 18.9 Å². The van der Waals surface area contributed by atoms with Gasteiger partial charge in [-0.3, -0.25) is 0 Å². The van der Waals surface area contributed by atoms with Crippen LogP contribution in [0.1, 0.15) is 23.6 Å². The van der Waals surface area contributed by atoms with Gasteiger partial charge in [0.1, 0.15) is 5.82 Å². The van der Waals surface area contributed by atoms with Crippen molar-refractivity contribution in [1.82, 2.24) is 14.9 Å². The van der Waals surface area contributed by atoms with Crippen LogP contribution >= 0.6 is 0 Å². The highest BCUT2D eigenvalue weighted by Gasteiger charge is 2.22. The van der Waals surface area contributed by atoms with Crippen LogP contribution < -0.4 is 10.6 Å². The number of benzene rings is 1. The van der Waals surface area contributed by atoms with Gasteiger partial charge in [0.05, 0.1) is 6.04 Å². The van der Waals surface area contributed by atoms with Gasteiger partial charge in [-0.2, -0.15) is 4.98 Å². The minimum atomic E-state index is 0.313. The van der Waals surface area contributed by atoms with E-state index in [0.717, 1.165) is 31.7 Å². The molecular weight excluding hydrogens is 274 g/mol. The van der Waals surface area contributed by atoms with Crippen molar-refractivity contribution in [3.05, 3.63) is 47.7 Å². The first kappa shape index (κ1) is 14.8. The second-order valence-electron chi connectivity index (χ2n) is 5.93. The summed E-state index contributed by atoms with van der Waals surface area (Å²) in [6.07, 6.45) is 4.02. The molecule has 0 amide bonds. The highest BCUT2D eigenvalue weighted by Crippen LogP contribution is 2.32. The lowest BCUT2D eigenvalue weighted by atomic mass is 10.1. The summed E-state index contributed by atoms with van der Waals surface area (Å²) >= 11 is 0. The Balaban J connectivity index is 1.64. The maximum atomic E-state index is 4.55. The van der Waals surface area contributed by atoms with E-state index in [2.05, 4.69) is 63.9 Å². The number of rotatable bonds is 6. The van der Waals surface area contributed by atoms with Crippen molar-refractivity contribution >= 4 is 11.8 Å². The molecule has 22 heavy (non-hydrogen) atoms. The van der Waals surface area contributed by atoms with Crippen LogP contribution in [0.25, 0.3) is 0 Å². The minimum Gasteiger partial charge on any atom is -0.369 e. The molecule has 0 aliphatic heterocycles. The summed E-state index contributed by atoms with van der Waals surface area (Å²) in [6.45, 7) is 1.85. The summed E-state index contributed by atoms with van der Waals surface area (Å²) in [5.41, 5.74) is 2.80. The molecule has 3 rings (SSSR count). The van der Waals surface area contributed by atoms with E-state index in [9.17, 15) is 0 Å². The van der Waals surface area contributed by atoms with Gasteiger partial charge in [0.2, 0.25) is 5.95 Å². The molecule has 116 valence electrons. The Morgan fingerprint density at radius 2 is 2.09 bits per heavy atom. The summed E-state index contributed by atoms with van der Waals surface area (Å²) in [6, 6.07) is 10.8. The monoisotopic (exact) mass is 297 g/mol. The average Bonchev–Trinajstić information content (AvgIpc) is 2.91. The maximum Gasteiger partial charge on any atom is 0.225 e. The van der Waals surface area contributed by atoms with Crippen molar-refractivity contribution in [1.29, 1.82) is 0 Å². The topological polar surface area (TPSA) is 53.1 Å². The standard InChI is InChI=1S/C17H23N5/c1-22(2)12-11-18-16-9-10-19-17(21-16)20-15-8-7-13-5-3-4-6-14(13)15/h3-6,9-10,15H,7-8,11-12H2,1-2H3,(H2,18,19,20,21). The summed E-state index contributed by atoms with van der Waals surface area (Å²) in [5.74, 6) is 1.56. The quantitative estimate of drug-likeness (QED) is 0.858. The highest BCUT2D eigenvalue weighted by atomic mass is 15.2. The van der Waals surface area contributed by atoms with E-state index in [1.54, 1.807) is 6.20 Å². The summed E-state index contributed by atoms with van der Waals surface area (Å²) in [7, 11) is 4.12. The van der Waals surface area contributed by atoms with Crippen LogP contribution in [0.15, 0.2) is 36.5 Å². The van der Waals surface area contributed by atoms with Gasteiger partial charge < -0.3 is 15.5 Å². The number of hydrogen-bond acceptors (Lipinski definition) is 5. The Morgan fingerprint density at radius 3 is 2.95 bits per heavy atom. The van der Waals surface area contributed by atoms with Gasteiger partial charge >= 0.3 is 0 Å². The first-order valence-electron chi connectivity index (χ1n) is 7.78. The van der Waals surface area contributed by atoms with Gasteiger partial charge in [-0.15, -0.1) is 0 Å². The Kier molecular flexibility index (Phi) is 4.53. The van der Waals surface area contributed by atoms with Gasteiger partial charge in [-0.25, -0.2) is 4.98 Å². The molecule has 1 aliphatic carbocycles. The lowest BCUT2D eigenvalue weighted by Crippen LogP contribution is -2.21. The molecule has 1 heterocycles. The Morgan fingerprint density at radius 1 is 1.23 bits per heavy atom. The van der Waals surface area contributed by atoms with Crippen molar-refractivity contribution in [3.8, 4) is 0 Å². The predicted molar refractivity (Wildman–Crippen MR) is 90.2 cm³/mol. The molecule has 0 fully saturated rings. The lowest BCUT2D eigenvalue weighted by molar-refractivity contribution is 0.425. The van der Waals surface area contributed by atoms with E-state index < -0.39 is 0 Å². The molecule has 1 aromatic carbocycles. The van der Waals surface area contributed by atoms with Gasteiger partial charge in [-0.1, -0.05) is 24.3 Å². The zero-order chi connectivity index (χ0) is 15.4. The summed E-state index contributed by atoms with van der Waals surface area (Å²) < 4.78 is 0. The molecule has 1 aliphatic rings. The van der Waals surface area contributed by atoms with Gasteiger partial charge in [-0.05, 0) is 44.1 Å². The molecule has 0 radical (unpaired) electrons. The van der Waals surface area contributed by atoms with Crippen molar-refractivity contribution < 1.29 is 0 Å². The molecular formula is C17H23N5. The second-order valence-corrected chi connectivity index (χ2v) is 5.93. The predicted octanol–water partition coefficient (Wildman–Crippen LogP) is 2.55. The van der Waals surface area contributed by atoms with Crippen LogP contribution in [0.4, 0.5) is 11.8 Å². The average molecular weight is 297 g/mol. The molecule has 0 saturated carbocycles. The van der Waals surface area contributed by atoms with Crippen LogP contribution in [0.3, 0.4) is 0 Å². The fourth-order valence-electron chi connectivity index (χ4n) is 2.80. The van der Waals surface area contributed by atoms with Crippen LogP contribution in [0.2, 0.25) is 0 Å². The fraction of sp³-hybridized carbons (Fsp3) is 0.412. The van der Waals surface area contributed by atoms with E-state index >= 15 is 0 Å². The Hall–Kier alpha value is -2.14. The van der Waals surface area contributed by atoms with E-state index in [4.69, 9.17) is 0 Å². The van der Waals surface area contributed by atoms with E-state index in [1.807, 2.05) is 6.07 Å². The molecule has 0 spiro atoms. The Labute approximate surface area is 131 Å². The molecule has 0 saturated heterocycles. The van der Waals surface area contributed by atoms with Crippen molar-refractivity contribution in [3.63, 3.8) is 0 Å². The third kappa shape index (κ3) is 3.54. The summed E-state index contributed by atoms with van der Waals surface area (Å²) in [4.78, 5) is 11.0. The van der Waals surface area contributed by atoms with Gasteiger partial charge in [0.25, 0.3) is 0 Å². The fourth-order valence-corrected chi connectivity index (χ4v) is 2.80. The van der Waals surface area contributed by atoms with Gasteiger partial charge in [0.15, 0.2) is 0 Å². The largest absolute Gasteiger partial charge is 0.369 e. The van der Waals surface area contributed by atoms with Gasteiger partial charge in [0, 0.05) is 19.3 Å². The molecule has 0 bridgehead atoms. The van der Waals surface area contributed by atoms with Crippen LogP contribution in [-0.4, -0.2) is 42.1 Å². The first-order chi connectivity index (χ1) is 10.7. The molecule has 2 aromatic rings. The third-order valence-electron chi connectivity index (χ3n) is 3.96. The van der Waals surface area contributed by atoms with Crippen LogP contribution in [0, 0.1) is 0 Å². The number of aromatic nitrogens is 2. The SMILES string of the molecule is CN(C)CCNc1ccnc(NC2CCc3ccccc32)n1. The van der Waals surface area contributed by atoms with Crippen LogP contribution in [-0.2, 0) is 6.42 Å². The second kappa shape index (κ2) is 6.75. The summed E-state index contributed by atoms with van der Waals surface area (Å²) in [5, 5.41) is 6.79. The molecule has 1 aromatic heterocycles. The van der Waals surface area contributed by atoms with E-state index in [0.29, 0.717) is 12.0 Å². The van der Waals surface area contributed by atoms with Crippen LogP contribution in [0.5, 0.6) is 0 Å². The normalized spacial score (nSPS) is 16.6. The number of hydrogen-bond donors (Lipinski definition) is 2. The zero-order valence-corrected chi connectivity index (χ0v) is 13.2. The first-order valence-corrected chi connectivity index (χ1v) is 7.78. The molecule has 1 unspecified atom stereocenters. The van der Waals surface area contributed by atoms with E-state index in [1.165, 1.54) is 11.1 Å². The Bertz CT molecular complexity index is 626. The smallest absolute Gasteiger partial charge is 0.225 e. The zero-order valence-electron chi connectivity index (χ0n) is 13.2. The number of fused-ring (bicyclic) bond motifs is 1. The number of aryl methyl sites for hydroxylation is 1.